The van der Waals surface area contributed by atoms with Crippen molar-refractivity contribution in [2.45, 2.75) is 33.6 Å². The van der Waals surface area contributed by atoms with Gasteiger partial charge in [0.25, 0.3) is 11.8 Å². The number of hydrogen-bond donors (Lipinski definition) is 0. The van der Waals surface area contributed by atoms with Crippen LogP contribution in [0.1, 0.15) is 37.0 Å². The molecular formula is C27H32N2O3. The number of rotatable bonds is 6. The summed E-state index contributed by atoms with van der Waals surface area (Å²) in [5.41, 5.74) is 4.14. The minimum Gasteiger partial charge on any atom is -0.497 e. The van der Waals surface area contributed by atoms with Crippen molar-refractivity contribution >= 4 is 17.4 Å². The lowest BCUT2D eigenvalue weighted by Gasteiger charge is -2.37. The SMILES string of the molecule is COc1ccc(CCN2C(=O)C(c3ccc(C)cc3)=C(N3CC(C)CC(C)C3)C2=O)cc1. The van der Waals surface area contributed by atoms with Crippen molar-refractivity contribution in [3.8, 4) is 5.75 Å². The zero-order chi connectivity index (χ0) is 22.8. The molecule has 0 radical (unpaired) electrons. The Labute approximate surface area is 190 Å². The molecule has 1 fully saturated rings. The Kier molecular flexibility index (Phi) is 6.35. The third-order valence-electron chi connectivity index (χ3n) is 6.45. The fourth-order valence-electron chi connectivity index (χ4n) is 4.92. The van der Waals surface area contributed by atoms with E-state index in [-0.39, 0.29) is 11.8 Å². The summed E-state index contributed by atoms with van der Waals surface area (Å²) in [5, 5.41) is 0. The summed E-state index contributed by atoms with van der Waals surface area (Å²) in [4.78, 5) is 30.7. The molecule has 168 valence electrons. The second-order valence-electron chi connectivity index (χ2n) is 9.30. The lowest BCUT2D eigenvalue weighted by molar-refractivity contribution is -0.137. The number of aryl methyl sites for hydroxylation is 1. The van der Waals surface area contributed by atoms with Crippen LogP contribution in [-0.4, -0.2) is 48.4 Å². The second-order valence-corrected chi connectivity index (χ2v) is 9.30. The summed E-state index contributed by atoms with van der Waals surface area (Å²) in [6.07, 6.45) is 1.76. The van der Waals surface area contributed by atoms with Gasteiger partial charge in [0.1, 0.15) is 11.4 Å². The van der Waals surface area contributed by atoms with Crippen molar-refractivity contribution in [3.63, 3.8) is 0 Å². The van der Waals surface area contributed by atoms with Gasteiger partial charge in [-0.15, -0.1) is 0 Å². The van der Waals surface area contributed by atoms with Gasteiger partial charge in [0.15, 0.2) is 0 Å². The zero-order valence-corrected chi connectivity index (χ0v) is 19.4. The molecule has 1 saturated heterocycles. The first-order valence-corrected chi connectivity index (χ1v) is 11.4. The molecule has 2 amide bonds. The molecule has 2 unspecified atom stereocenters. The summed E-state index contributed by atoms with van der Waals surface area (Å²) in [6.45, 7) is 8.44. The van der Waals surface area contributed by atoms with Gasteiger partial charge in [-0.3, -0.25) is 14.5 Å². The van der Waals surface area contributed by atoms with Crippen LogP contribution >= 0.6 is 0 Å². The fourth-order valence-corrected chi connectivity index (χ4v) is 4.92. The van der Waals surface area contributed by atoms with Crippen molar-refractivity contribution in [1.82, 2.24) is 9.80 Å². The van der Waals surface area contributed by atoms with Gasteiger partial charge in [0.2, 0.25) is 0 Å². The number of carbonyl (C=O) groups excluding carboxylic acids is 2. The number of imide groups is 1. The highest BCUT2D eigenvalue weighted by atomic mass is 16.5. The van der Waals surface area contributed by atoms with E-state index in [1.807, 2.05) is 55.5 Å². The predicted octanol–water partition coefficient (Wildman–Crippen LogP) is 4.30. The highest BCUT2D eigenvalue weighted by Gasteiger charge is 2.42. The van der Waals surface area contributed by atoms with Crippen LogP contribution in [0.25, 0.3) is 5.57 Å². The minimum atomic E-state index is -0.187. The van der Waals surface area contributed by atoms with Crippen LogP contribution in [-0.2, 0) is 16.0 Å². The van der Waals surface area contributed by atoms with Gasteiger partial charge in [-0.05, 0) is 54.9 Å². The molecule has 4 rings (SSSR count). The molecule has 0 aliphatic carbocycles. The quantitative estimate of drug-likeness (QED) is 0.639. The van der Waals surface area contributed by atoms with Crippen LogP contribution < -0.4 is 4.74 Å². The van der Waals surface area contributed by atoms with Crippen molar-refractivity contribution in [2.24, 2.45) is 11.8 Å². The lowest BCUT2D eigenvalue weighted by atomic mass is 9.91. The van der Waals surface area contributed by atoms with Crippen LogP contribution in [0.5, 0.6) is 5.75 Å². The van der Waals surface area contributed by atoms with Crippen LogP contribution in [0.4, 0.5) is 0 Å². The van der Waals surface area contributed by atoms with Crippen molar-refractivity contribution < 1.29 is 14.3 Å². The molecule has 0 bridgehead atoms. The van der Waals surface area contributed by atoms with Gasteiger partial charge in [0, 0.05) is 19.6 Å². The first-order valence-electron chi connectivity index (χ1n) is 11.4. The van der Waals surface area contributed by atoms with E-state index >= 15 is 0 Å². The number of likely N-dealkylation sites (tertiary alicyclic amines) is 1. The van der Waals surface area contributed by atoms with E-state index in [0.29, 0.717) is 36.1 Å². The molecule has 2 aliphatic rings. The summed E-state index contributed by atoms with van der Waals surface area (Å²) >= 11 is 0. The Morgan fingerprint density at radius 3 is 2.12 bits per heavy atom. The molecule has 0 saturated carbocycles. The number of benzene rings is 2. The molecule has 2 aromatic rings. The fraction of sp³-hybridized carbons (Fsp3) is 0.407. The van der Waals surface area contributed by atoms with Crippen molar-refractivity contribution in [3.05, 3.63) is 70.9 Å². The maximum absolute atomic E-state index is 13.6. The van der Waals surface area contributed by atoms with E-state index in [1.54, 1.807) is 7.11 Å². The second kappa shape index (κ2) is 9.19. The smallest absolute Gasteiger partial charge is 0.277 e. The normalized spacial score (nSPS) is 21.5. The van der Waals surface area contributed by atoms with Gasteiger partial charge >= 0.3 is 0 Å². The third-order valence-corrected chi connectivity index (χ3v) is 6.45. The van der Waals surface area contributed by atoms with Crippen LogP contribution in [0.15, 0.2) is 54.2 Å². The van der Waals surface area contributed by atoms with Gasteiger partial charge in [-0.1, -0.05) is 55.8 Å². The first kappa shape index (κ1) is 22.1. The summed E-state index contributed by atoms with van der Waals surface area (Å²) in [5.74, 6) is 1.41. The third kappa shape index (κ3) is 4.43. The zero-order valence-electron chi connectivity index (χ0n) is 19.4. The Balaban J connectivity index is 1.63. The maximum atomic E-state index is 13.6. The Bertz CT molecular complexity index is 1010. The average Bonchev–Trinajstić information content (AvgIpc) is 3.02. The summed E-state index contributed by atoms with van der Waals surface area (Å²) < 4.78 is 5.22. The minimum absolute atomic E-state index is 0.166. The van der Waals surface area contributed by atoms with Crippen molar-refractivity contribution in [2.75, 3.05) is 26.7 Å². The first-order chi connectivity index (χ1) is 15.4. The van der Waals surface area contributed by atoms with Crippen LogP contribution in [0.3, 0.4) is 0 Å². The molecule has 2 aliphatic heterocycles. The predicted molar refractivity (Wildman–Crippen MR) is 126 cm³/mol. The van der Waals surface area contributed by atoms with E-state index in [9.17, 15) is 9.59 Å². The molecule has 5 heteroatoms. The monoisotopic (exact) mass is 432 g/mol. The Morgan fingerprint density at radius 1 is 0.906 bits per heavy atom. The van der Waals surface area contributed by atoms with Crippen molar-refractivity contribution in [1.29, 1.82) is 0 Å². The molecule has 2 aromatic carbocycles. The molecule has 0 aromatic heterocycles. The van der Waals surface area contributed by atoms with Gasteiger partial charge < -0.3 is 9.64 Å². The number of ether oxygens (including phenoxy) is 1. The van der Waals surface area contributed by atoms with E-state index in [2.05, 4.69) is 18.7 Å². The highest BCUT2D eigenvalue weighted by molar-refractivity contribution is 6.35. The molecule has 2 atom stereocenters. The summed E-state index contributed by atoms with van der Waals surface area (Å²) in [7, 11) is 1.64. The van der Waals surface area contributed by atoms with Gasteiger partial charge in [-0.25, -0.2) is 0 Å². The molecule has 0 N–H and O–H groups in total. The van der Waals surface area contributed by atoms with E-state index in [1.165, 1.54) is 4.90 Å². The number of amides is 2. The van der Waals surface area contributed by atoms with Gasteiger partial charge in [0.05, 0.1) is 12.7 Å². The topological polar surface area (TPSA) is 49.9 Å². The largest absolute Gasteiger partial charge is 0.497 e. The number of carbonyl (C=O) groups is 2. The average molecular weight is 433 g/mol. The molecule has 0 spiro atoms. The Hall–Kier alpha value is -3.08. The van der Waals surface area contributed by atoms with Crippen LogP contribution in [0, 0.1) is 18.8 Å². The number of piperidine rings is 1. The van der Waals surface area contributed by atoms with Gasteiger partial charge in [-0.2, -0.15) is 0 Å². The number of nitrogens with zero attached hydrogens (tertiary/aromatic N) is 2. The maximum Gasteiger partial charge on any atom is 0.277 e. The molecule has 32 heavy (non-hydrogen) atoms. The number of hydrogen-bond acceptors (Lipinski definition) is 4. The van der Waals surface area contributed by atoms with E-state index < -0.39 is 0 Å². The van der Waals surface area contributed by atoms with E-state index in [0.717, 1.165) is 42.0 Å². The standard InChI is InChI=1S/C27H32N2O3/c1-18-5-9-22(10-6-18)24-25(28-16-19(2)15-20(3)17-28)27(31)29(26(24)30)14-13-21-7-11-23(32-4)12-8-21/h5-12,19-20H,13-17H2,1-4H3. The number of methoxy groups -OCH3 is 1. The highest BCUT2D eigenvalue weighted by Crippen LogP contribution is 2.35. The molecule has 5 nitrogen and oxygen atoms in total. The Morgan fingerprint density at radius 2 is 1.53 bits per heavy atom. The molecular weight excluding hydrogens is 400 g/mol. The van der Waals surface area contributed by atoms with E-state index in [4.69, 9.17) is 4.74 Å². The lowest BCUT2D eigenvalue weighted by Crippen LogP contribution is -2.42. The van der Waals surface area contributed by atoms with Crippen LogP contribution in [0.2, 0.25) is 0 Å². The molecule has 2 heterocycles. The summed E-state index contributed by atoms with van der Waals surface area (Å²) in [6, 6.07) is 15.7.